The first-order valence-electron chi connectivity index (χ1n) is 6.81. The van der Waals surface area contributed by atoms with Gasteiger partial charge in [-0.3, -0.25) is 16.3 Å². The number of aryl methyl sites for hydroxylation is 2. The van der Waals surface area contributed by atoms with Crippen molar-refractivity contribution in [3.8, 4) is 0 Å². The Morgan fingerprint density at radius 2 is 2.05 bits per heavy atom. The van der Waals surface area contributed by atoms with Crippen molar-refractivity contribution in [3.63, 3.8) is 0 Å². The van der Waals surface area contributed by atoms with Gasteiger partial charge in [-0.05, 0) is 39.3 Å². The van der Waals surface area contributed by atoms with Crippen LogP contribution in [0, 0.1) is 13.8 Å². The number of nitrogens with two attached hydrogens (primary N) is 1. The molecule has 0 fully saturated rings. The number of aromatic nitrogens is 4. The number of hydrogen-bond donors (Lipinski definition) is 2. The molecular formula is C14H22N6. The lowest BCUT2D eigenvalue weighted by atomic mass is 10.0. The van der Waals surface area contributed by atoms with Crippen molar-refractivity contribution in [2.45, 2.75) is 46.2 Å². The Balaban J connectivity index is 2.27. The minimum absolute atomic E-state index is 0.0233. The summed E-state index contributed by atoms with van der Waals surface area (Å²) in [5, 5.41) is 4.25. The molecule has 0 aliphatic heterocycles. The molecule has 0 amide bonds. The molecular weight excluding hydrogens is 252 g/mol. The molecule has 0 saturated heterocycles. The van der Waals surface area contributed by atoms with Crippen molar-refractivity contribution < 1.29 is 0 Å². The molecule has 0 aliphatic rings. The summed E-state index contributed by atoms with van der Waals surface area (Å²) in [6.45, 7) is 8.15. The molecule has 108 valence electrons. The van der Waals surface area contributed by atoms with Crippen molar-refractivity contribution in [2.75, 3.05) is 0 Å². The van der Waals surface area contributed by atoms with E-state index in [1.807, 2.05) is 24.6 Å². The summed E-state index contributed by atoms with van der Waals surface area (Å²) in [5.74, 6) is 6.64. The molecule has 0 spiro atoms. The number of pyridine rings is 1. The normalized spacial score (nSPS) is 12.9. The fourth-order valence-electron chi connectivity index (χ4n) is 2.36. The monoisotopic (exact) mass is 274 g/mol. The van der Waals surface area contributed by atoms with Crippen LogP contribution >= 0.6 is 0 Å². The topological polar surface area (TPSA) is 81.7 Å². The molecule has 0 bridgehead atoms. The zero-order valence-corrected chi connectivity index (χ0v) is 12.5. The SMILES string of the molecule is Cc1ccc(C(Cc2ncnn2C(C)C)NN)c(C)n1. The molecule has 2 heterocycles. The third kappa shape index (κ3) is 3.02. The lowest BCUT2D eigenvalue weighted by molar-refractivity contribution is 0.467. The lowest BCUT2D eigenvalue weighted by Gasteiger charge is -2.19. The summed E-state index contributed by atoms with van der Waals surface area (Å²) in [6.07, 6.45) is 2.27. The highest BCUT2D eigenvalue weighted by molar-refractivity contribution is 5.25. The fourth-order valence-corrected chi connectivity index (χ4v) is 2.36. The second-order valence-electron chi connectivity index (χ2n) is 5.27. The van der Waals surface area contributed by atoms with Gasteiger partial charge in [-0.1, -0.05) is 6.07 Å². The molecule has 0 radical (unpaired) electrons. The van der Waals surface area contributed by atoms with Crippen LogP contribution in [0.4, 0.5) is 0 Å². The van der Waals surface area contributed by atoms with Crippen LogP contribution in [0.5, 0.6) is 0 Å². The van der Waals surface area contributed by atoms with Gasteiger partial charge in [-0.2, -0.15) is 5.10 Å². The highest BCUT2D eigenvalue weighted by atomic mass is 15.3. The molecule has 0 aliphatic carbocycles. The van der Waals surface area contributed by atoms with Crippen LogP contribution in [0.25, 0.3) is 0 Å². The van der Waals surface area contributed by atoms with E-state index in [9.17, 15) is 0 Å². The molecule has 2 aromatic heterocycles. The molecule has 0 aromatic carbocycles. The minimum Gasteiger partial charge on any atom is -0.271 e. The number of hydrazine groups is 1. The molecule has 6 nitrogen and oxygen atoms in total. The van der Waals surface area contributed by atoms with Gasteiger partial charge in [0.15, 0.2) is 0 Å². The third-order valence-corrected chi connectivity index (χ3v) is 3.37. The summed E-state index contributed by atoms with van der Waals surface area (Å²) >= 11 is 0. The van der Waals surface area contributed by atoms with E-state index in [2.05, 4.69) is 40.4 Å². The first-order valence-corrected chi connectivity index (χ1v) is 6.81. The van der Waals surface area contributed by atoms with Crippen LogP contribution in [0.3, 0.4) is 0 Å². The third-order valence-electron chi connectivity index (χ3n) is 3.37. The molecule has 6 heteroatoms. The van der Waals surface area contributed by atoms with Crippen LogP contribution in [0.15, 0.2) is 18.5 Å². The quantitative estimate of drug-likeness (QED) is 0.639. The number of rotatable bonds is 5. The average molecular weight is 274 g/mol. The Morgan fingerprint density at radius 3 is 2.65 bits per heavy atom. The smallest absolute Gasteiger partial charge is 0.138 e. The standard InChI is InChI=1S/C14H22N6/c1-9(2)20-14(16-8-17-20)7-13(19-15)12-6-5-10(3)18-11(12)4/h5-6,8-9,13,19H,7,15H2,1-4H3. The van der Waals surface area contributed by atoms with E-state index < -0.39 is 0 Å². The van der Waals surface area contributed by atoms with Gasteiger partial charge >= 0.3 is 0 Å². The van der Waals surface area contributed by atoms with Crippen molar-refractivity contribution in [1.82, 2.24) is 25.2 Å². The molecule has 3 N–H and O–H groups in total. The molecule has 0 saturated carbocycles. The number of hydrogen-bond acceptors (Lipinski definition) is 5. The van der Waals surface area contributed by atoms with E-state index >= 15 is 0 Å². The zero-order valence-electron chi connectivity index (χ0n) is 12.5. The van der Waals surface area contributed by atoms with Crippen LogP contribution in [-0.2, 0) is 6.42 Å². The maximum absolute atomic E-state index is 5.72. The van der Waals surface area contributed by atoms with E-state index in [1.54, 1.807) is 6.33 Å². The Hall–Kier alpha value is -1.79. The molecule has 1 atom stereocenters. The van der Waals surface area contributed by atoms with Gasteiger partial charge in [-0.25, -0.2) is 9.67 Å². The highest BCUT2D eigenvalue weighted by Crippen LogP contribution is 2.20. The van der Waals surface area contributed by atoms with Crippen molar-refractivity contribution in [2.24, 2.45) is 5.84 Å². The summed E-state index contributed by atoms with van der Waals surface area (Å²) in [6, 6.07) is 4.32. The maximum atomic E-state index is 5.72. The molecule has 2 aromatic rings. The number of nitrogens with one attached hydrogen (secondary N) is 1. The highest BCUT2D eigenvalue weighted by Gasteiger charge is 2.18. The second-order valence-corrected chi connectivity index (χ2v) is 5.27. The first kappa shape index (κ1) is 14.6. The van der Waals surface area contributed by atoms with Gasteiger partial charge in [0.1, 0.15) is 12.2 Å². The largest absolute Gasteiger partial charge is 0.271 e. The fraction of sp³-hybridized carbons (Fsp3) is 0.500. The van der Waals surface area contributed by atoms with Gasteiger partial charge in [-0.15, -0.1) is 0 Å². The first-order chi connectivity index (χ1) is 9.52. The number of nitrogens with zero attached hydrogens (tertiary/aromatic N) is 4. The summed E-state index contributed by atoms with van der Waals surface area (Å²) < 4.78 is 1.92. The van der Waals surface area contributed by atoms with E-state index in [-0.39, 0.29) is 12.1 Å². The van der Waals surface area contributed by atoms with E-state index in [0.29, 0.717) is 6.42 Å². The van der Waals surface area contributed by atoms with Crippen LogP contribution in [-0.4, -0.2) is 19.7 Å². The van der Waals surface area contributed by atoms with Crippen molar-refractivity contribution >= 4 is 0 Å². The Kier molecular flexibility index (Phi) is 4.46. The predicted octanol–water partition coefficient (Wildman–Crippen LogP) is 1.62. The van der Waals surface area contributed by atoms with Gasteiger partial charge in [0, 0.05) is 23.9 Å². The molecule has 1 unspecified atom stereocenters. The second kappa shape index (κ2) is 6.11. The van der Waals surface area contributed by atoms with Gasteiger partial charge in [0.05, 0.1) is 6.04 Å². The van der Waals surface area contributed by atoms with E-state index in [1.165, 1.54) is 0 Å². The summed E-state index contributed by atoms with van der Waals surface area (Å²) in [5.41, 5.74) is 5.95. The van der Waals surface area contributed by atoms with Crippen molar-refractivity contribution in [3.05, 3.63) is 41.2 Å². The Morgan fingerprint density at radius 1 is 1.30 bits per heavy atom. The van der Waals surface area contributed by atoms with Crippen molar-refractivity contribution in [1.29, 1.82) is 0 Å². The summed E-state index contributed by atoms with van der Waals surface area (Å²) in [4.78, 5) is 8.82. The zero-order chi connectivity index (χ0) is 14.7. The van der Waals surface area contributed by atoms with Gasteiger partial charge in [0.2, 0.25) is 0 Å². The molecule has 20 heavy (non-hydrogen) atoms. The molecule has 2 rings (SSSR count). The van der Waals surface area contributed by atoms with Crippen LogP contribution < -0.4 is 11.3 Å². The average Bonchev–Trinajstić information content (AvgIpc) is 2.85. The van der Waals surface area contributed by atoms with E-state index in [0.717, 1.165) is 22.8 Å². The maximum Gasteiger partial charge on any atom is 0.138 e. The lowest BCUT2D eigenvalue weighted by Crippen LogP contribution is -2.31. The summed E-state index contributed by atoms with van der Waals surface area (Å²) in [7, 11) is 0. The predicted molar refractivity (Wildman–Crippen MR) is 77.9 cm³/mol. The van der Waals surface area contributed by atoms with Gasteiger partial charge < -0.3 is 0 Å². The Bertz CT molecular complexity index is 575. The van der Waals surface area contributed by atoms with Gasteiger partial charge in [0.25, 0.3) is 0 Å². The van der Waals surface area contributed by atoms with Crippen LogP contribution in [0.1, 0.15) is 48.7 Å². The van der Waals surface area contributed by atoms with E-state index in [4.69, 9.17) is 5.84 Å². The Labute approximate surface area is 119 Å². The van der Waals surface area contributed by atoms with Crippen LogP contribution in [0.2, 0.25) is 0 Å². The minimum atomic E-state index is -0.0233.